The summed E-state index contributed by atoms with van der Waals surface area (Å²) in [4.78, 5) is 15.2. The Morgan fingerprint density at radius 1 is 1.36 bits per heavy atom. The van der Waals surface area contributed by atoms with E-state index in [2.05, 4.69) is 17.2 Å². The van der Waals surface area contributed by atoms with Crippen LogP contribution >= 0.6 is 23.8 Å². The summed E-state index contributed by atoms with van der Waals surface area (Å²) in [5.41, 5.74) is 0.635. The number of carbonyl (C=O) groups is 1. The molecule has 4 rings (SSSR count). The van der Waals surface area contributed by atoms with Crippen molar-refractivity contribution in [2.45, 2.75) is 18.7 Å². The first-order chi connectivity index (χ1) is 13.4. The van der Waals surface area contributed by atoms with E-state index in [9.17, 15) is 4.79 Å². The SMILES string of the molecule is C=CCN1C(=S)NC2c3ccccc3OC1(C)C2C(=O)Nc1ccc(Cl)cc1. The standard InChI is InChI=1S/C21H20ClN3O2S/c1-3-12-25-20(28)24-18-15-6-4-5-7-16(15)27-21(25,2)17(18)19(26)23-14-10-8-13(22)9-11-14/h3-11,17-18H,1,12H2,2H3,(H,23,26)(H,24,28). The average molecular weight is 414 g/mol. The Hall–Kier alpha value is -2.57. The van der Waals surface area contributed by atoms with Gasteiger partial charge in [0.15, 0.2) is 10.8 Å². The third kappa shape index (κ3) is 3.02. The van der Waals surface area contributed by atoms with E-state index in [1.54, 1.807) is 30.3 Å². The van der Waals surface area contributed by atoms with Crippen molar-refractivity contribution >= 4 is 40.5 Å². The molecule has 2 heterocycles. The summed E-state index contributed by atoms with van der Waals surface area (Å²) in [5, 5.41) is 7.48. The summed E-state index contributed by atoms with van der Waals surface area (Å²) in [6, 6.07) is 14.5. The predicted molar refractivity (Wildman–Crippen MR) is 114 cm³/mol. The molecular formula is C21H20ClN3O2S. The smallest absolute Gasteiger partial charge is 0.236 e. The zero-order valence-electron chi connectivity index (χ0n) is 15.3. The molecule has 2 aliphatic heterocycles. The minimum Gasteiger partial charge on any atom is -0.467 e. The number of amides is 1. The number of hydrogen-bond donors (Lipinski definition) is 2. The summed E-state index contributed by atoms with van der Waals surface area (Å²) in [7, 11) is 0. The summed E-state index contributed by atoms with van der Waals surface area (Å²) >= 11 is 11.5. The molecule has 0 radical (unpaired) electrons. The highest BCUT2D eigenvalue weighted by Gasteiger charge is 2.58. The van der Waals surface area contributed by atoms with Gasteiger partial charge in [-0.2, -0.15) is 0 Å². The molecule has 2 N–H and O–H groups in total. The molecule has 7 heteroatoms. The van der Waals surface area contributed by atoms with Gasteiger partial charge in [-0.15, -0.1) is 6.58 Å². The highest BCUT2D eigenvalue weighted by atomic mass is 35.5. The molecule has 0 saturated carbocycles. The van der Waals surface area contributed by atoms with Crippen molar-refractivity contribution in [2.24, 2.45) is 5.92 Å². The molecule has 28 heavy (non-hydrogen) atoms. The molecule has 1 amide bonds. The van der Waals surface area contributed by atoms with E-state index in [-0.39, 0.29) is 11.9 Å². The van der Waals surface area contributed by atoms with Crippen LogP contribution in [-0.4, -0.2) is 28.2 Å². The van der Waals surface area contributed by atoms with Crippen LogP contribution in [0.3, 0.4) is 0 Å². The molecule has 2 bridgehead atoms. The fraction of sp³-hybridized carbons (Fsp3) is 0.238. The number of rotatable bonds is 4. The maximum absolute atomic E-state index is 13.4. The summed E-state index contributed by atoms with van der Waals surface area (Å²) in [6.07, 6.45) is 1.75. The number of nitrogens with zero attached hydrogens (tertiary/aromatic N) is 1. The first-order valence-corrected chi connectivity index (χ1v) is 9.76. The molecule has 2 aliphatic rings. The third-order valence-electron chi connectivity index (χ3n) is 5.25. The lowest BCUT2D eigenvalue weighted by Crippen LogP contribution is -2.71. The summed E-state index contributed by atoms with van der Waals surface area (Å²) in [6.45, 7) is 6.18. The molecular weight excluding hydrogens is 394 g/mol. The van der Waals surface area contributed by atoms with Gasteiger partial charge in [0.1, 0.15) is 11.7 Å². The van der Waals surface area contributed by atoms with E-state index in [4.69, 9.17) is 28.6 Å². The second kappa shape index (κ2) is 7.11. The molecule has 5 nitrogen and oxygen atoms in total. The number of carbonyl (C=O) groups excluding carboxylic acids is 1. The van der Waals surface area contributed by atoms with Gasteiger partial charge < -0.3 is 20.3 Å². The van der Waals surface area contributed by atoms with Crippen molar-refractivity contribution in [3.8, 4) is 5.75 Å². The molecule has 0 aliphatic carbocycles. The topological polar surface area (TPSA) is 53.6 Å². The van der Waals surface area contributed by atoms with E-state index in [1.165, 1.54) is 0 Å². The number of ether oxygens (including phenoxy) is 1. The maximum Gasteiger partial charge on any atom is 0.236 e. The van der Waals surface area contributed by atoms with Gasteiger partial charge in [0.25, 0.3) is 0 Å². The van der Waals surface area contributed by atoms with E-state index < -0.39 is 11.6 Å². The van der Waals surface area contributed by atoms with Crippen molar-refractivity contribution in [2.75, 3.05) is 11.9 Å². The Labute approximate surface area is 174 Å². The van der Waals surface area contributed by atoms with Gasteiger partial charge in [0, 0.05) is 22.8 Å². The average Bonchev–Trinajstić information content (AvgIpc) is 2.66. The number of nitrogens with one attached hydrogen (secondary N) is 2. The number of benzene rings is 2. The number of para-hydroxylation sites is 1. The quantitative estimate of drug-likeness (QED) is 0.583. The van der Waals surface area contributed by atoms with Crippen molar-refractivity contribution < 1.29 is 9.53 Å². The zero-order chi connectivity index (χ0) is 19.9. The van der Waals surface area contributed by atoms with Crippen LogP contribution in [0.15, 0.2) is 61.2 Å². The van der Waals surface area contributed by atoms with E-state index >= 15 is 0 Å². The van der Waals surface area contributed by atoms with E-state index in [0.29, 0.717) is 22.4 Å². The van der Waals surface area contributed by atoms with Crippen LogP contribution in [-0.2, 0) is 4.79 Å². The molecule has 3 atom stereocenters. The van der Waals surface area contributed by atoms with Gasteiger partial charge in [-0.1, -0.05) is 35.9 Å². The fourth-order valence-corrected chi connectivity index (χ4v) is 4.45. The summed E-state index contributed by atoms with van der Waals surface area (Å²) < 4.78 is 6.39. The number of halogens is 1. The molecule has 1 saturated heterocycles. The van der Waals surface area contributed by atoms with Crippen LogP contribution < -0.4 is 15.4 Å². The second-order valence-corrected chi connectivity index (χ2v) is 7.82. The number of thiocarbonyl (C=S) groups is 1. The first-order valence-electron chi connectivity index (χ1n) is 8.97. The van der Waals surface area contributed by atoms with Crippen molar-refractivity contribution in [3.63, 3.8) is 0 Å². The van der Waals surface area contributed by atoms with Gasteiger partial charge in [-0.25, -0.2) is 0 Å². The van der Waals surface area contributed by atoms with Crippen molar-refractivity contribution in [1.82, 2.24) is 10.2 Å². The Kier molecular flexibility index (Phi) is 4.77. The van der Waals surface area contributed by atoms with Gasteiger partial charge in [0.05, 0.1) is 6.04 Å². The second-order valence-electron chi connectivity index (χ2n) is 6.99. The minimum absolute atomic E-state index is 0.159. The monoisotopic (exact) mass is 413 g/mol. The Morgan fingerprint density at radius 3 is 2.79 bits per heavy atom. The van der Waals surface area contributed by atoms with Crippen molar-refractivity contribution in [3.05, 3.63) is 71.8 Å². The Balaban J connectivity index is 1.75. The number of hydrogen-bond acceptors (Lipinski definition) is 3. The highest BCUT2D eigenvalue weighted by molar-refractivity contribution is 7.80. The molecule has 2 aromatic rings. The van der Waals surface area contributed by atoms with Crippen LogP contribution in [0.1, 0.15) is 18.5 Å². The van der Waals surface area contributed by atoms with Gasteiger partial charge >= 0.3 is 0 Å². The number of anilines is 1. The molecule has 1 fully saturated rings. The molecule has 3 unspecified atom stereocenters. The third-order valence-corrected chi connectivity index (χ3v) is 5.84. The van der Waals surface area contributed by atoms with Crippen LogP contribution in [0.2, 0.25) is 5.02 Å². The van der Waals surface area contributed by atoms with Crippen LogP contribution in [0, 0.1) is 5.92 Å². The Morgan fingerprint density at radius 2 is 2.07 bits per heavy atom. The first kappa shape index (κ1) is 18.8. The fourth-order valence-electron chi connectivity index (χ4n) is 3.94. The predicted octanol–water partition coefficient (Wildman–Crippen LogP) is 4.12. The van der Waals surface area contributed by atoms with Crippen LogP contribution in [0.25, 0.3) is 0 Å². The molecule has 0 aromatic heterocycles. The lowest BCUT2D eigenvalue weighted by atomic mass is 9.79. The lowest BCUT2D eigenvalue weighted by Gasteiger charge is -2.55. The van der Waals surface area contributed by atoms with E-state index in [1.807, 2.05) is 36.1 Å². The molecule has 144 valence electrons. The zero-order valence-corrected chi connectivity index (χ0v) is 16.9. The van der Waals surface area contributed by atoms with Crippen molar-refractivity contribution in [1.29, 1.82) is 0 Å². The Bertz CT molecular complexity index is 949. The maximum atomic E-state index is 13.4. The molecule has 0 spiro atoms. The van der Waals surface area contributed by atoms with Crippen LogP contribution in [0.4, 0.5) is 5.69 Å². The van der Waals surface area contributed by atoms with Gasteiger partial charge in [-0.3, -0.25) is 4.79 Å². The normalized spacial score (nSPS) is 25.2. The molecule has 2 aromatic carbocycles. The van der Waals surface area contributed by atoms with Gasteiger partial charge in [0.2, 0.25) is 5.91 Å². The minimum atomic E-state index is -0.952. The van der Waals surface area contributed by atoms with E-state index in [0.717, 1.165) is 11.3 Å². The lowest BCUT2D eigenvalue weighted by molar-refractivity contribution is -0.147. The largest absolute Gasteiger partial charge is 0.467 e. The van der Waals surface area contributed by atoms with Gasteiger partial charge in [-0.05, 0) is 49.5 Å². The number of fused-ring (bicyclic) bond motifs is 4. The summed E-state index contributed by atoms with van der Waals surface area (Å²) in [5.74, 6) is 0.0488. The highest BCUT2D eigenvalue weighted by Crippen LogP contribution is 2.48. The van der Waals surface area contributed by atoms with Crippen LogP contribution in [0.5, 0.6) is 5.75 Å².